The van der Waals surface area contributed by atoms with Crippen molar-refractivity contribution in [2.45, 2.75) is 6.92 Å². The molecule has 0 fully saturated rings. The SMILES string of the molecule is CC(=O)Oc1cc2occ(Br)c2cn1. The second kappa shape index (κ2) is 3.42. The van der Waals surface area contributed by atoms with Gasteiger partial charge >= 0.3 is 5.97 Å². The molecule has 2 heterocycles. The Balaban J connectivity index is 2.46. The van der Waals surface area contributed by atoms with Crippen molar-refractivity contribution in [3.63, 3.8) is 0 Å². The van der Waals surface area contributed by atoms with Crippen molar-refractivity contribution in [2.24, 2.45) is 0 Å². The van der Waals surface area contributed by atoms with Crippen molar-refractivity contribution in [2.75, 3.05) is 0 Å². The number of rotatable bonds is 1. The smallest absolute Gasteiger partial charge is 0.309 e. The predicted octanol–water partition coefficient (Wildman–Crippen LogP) is 2.52. The third-order valence-electron chi connectivity index (χ3n) is 1.64. The number of pyridine rings is 1. The van der Waals surface area contributed by atoms with Crippen LogP contribution in [0.1, 0.15) is 6.92 Å². The lowest BCUT2D eigenvalue weighted by Crippen LogP contribution is -2.02. The van der Waals surface area contributed by atoms with Gasteiger partial charge in [-0.25, -0.2) is 4.98 Å². The van der Waals surface area contributed by atoms with Gasteiger partial charge in [0.25, 0.3) is 0 Å². The van der Waals surface area contributed by atoms with Gasteiger partial charge in [0.1, 0.15) is 11.8 Å². The minimum Gasteiger partial charge on any atom is -0.463 e. The number of furan rings is 1. The second-order valence-corrected chi connectivity index (χ2v) is 3.55. The molecule has 0 amide bonds. The lowest BCUT2D eigenvalue weighted by Gasteiger charge is -1.98. The maximum atomic E-state index is 10.7. The topological polar surface area (TPSA) is 52.3 Å². The molecule has 0 aliphatic rings. The number of hydrogen-bond acceptors (Lipinski definition) is 4. The summed E-state index contributed by atoms with van der Waals surface area (Å²) in [7, 11) is 0. The van der Waals surface area contributed by atoms with Gasteiger partial charge in [-0.15, -0.1) is 0 Å². The summed E-state index contributed by atoms with van der Waals surface area (Å²) >= 11 is 3.30. The van der Waals surface area contributed by atoms with Crippen LogP contribution in [0.4, 0.5) is 0 Å². The molecule has 2 aromatic rings. The molecule has 0 aromatic carbocycles. The zero-order chi connectivity index (χ0) is 10.1. The number of ether oxygens (including phenoxy) is 1. The summed E-state index contributed by atoms with van der Waals surface area (Å²) in [5.41, 5.74) is 0.628. The fraction of sp³-hybridized carbons (Fsp3) is 0.111. The van der Waals surface area contributed by atoms with Crippen molar-refractivity contribution in [1.29, 1.82) is 0 Å². The van der Waals surface area contributed by atoms with Gasteiger partial charge in [-0.3, -0.25) is 4.79 Å². The normalized spacial score (nSPS) is 10.4. The van der Waals surface area contributed by atoms with Gasteiger partial charge in [0.05, 0.1) is 9.86 Å². The van der Waals surface area contributed by atoms with Crippen molar-refractivity contribution < 1.29 is 13.9 Å². The summed E-state index contributed by atoms with van der Waals surface area (Å²) < 4.78 is 10.8. The maximum absolute atomic E-state index is 10.7. The minimum atomic E-state index is -0.400. The molecule has 2 aromatic heterocycles. The van der Waals surface area contributed by atoms with E-state index in [-0.39, 0.29) is 5.88 Å². The first-order valence-electron chi connectivity index (χ1n) is 3.88. The Labute approximate surface area is 88.0 Å². The first kappa shape index (κ1) is 9.21. The molecule has 0 aliphatic heterocycles. The average molecular weight is 256 g/mol. The molecule has 0 radical (unpaired) electrons. The van der Waals surface area contributed by atoms with Crippen LogP contribution in [0.5, 0.6) is 5.88 Å². The van der Waals surface area contributed by atoms with E-state index >= 15 is 0 Å². The number of carbonyl (C=O) groups excluding carboxylic acids is 1. The zero-order valence-corrected chi connectivity index (χ0v) is 8.87. The van der Waals surface area contributed by atoms with Crippen LogP contribution in [0.25, 0.3) is 11.0 Å². The third kappa shape index (κ3) is 1.63. The molecule has 0 bridgehead atoms. The Hall–Kier alpha value is -1.36. The standard InChI is InChI=1S/C9H6BrNO3/c1-5(12)14-9-2-8-6(3-11-9)7(10)4-13-8/h2-4H,1H3. The van der Waals surface area contributed by atoms with Gasteiger partial charge in [0.2, 0.25) is 5.88 Å². The number of aromatic nitrogens is 1. The second-order valence-electron chi connectivity index (χ2n) is 2.70. The number of esters is 1. The number of halogens is 1. The van der Waals surface area contributed by atoms with Gasteiger partial charge in [0.15, 0.2) is 0 Å². The molecular formula is C9H6BrNO3. The molecule has 0 spiro atoms. The van der Waals surface area contributed by atoms with E-state index in [1.54, 1.807) is 18.5 Å². The van der Waals surface area contributed by atoms with Crippen LogP contribution in [0.2, 0.25) is 0 Å². The van der Waals surface area contributed by atoms with Gasteiger partial charge in [0, 0.05) is 19.2 Å². The van der Waals surface area contributed by atoms with E-state index in [1.807, 2.05) is 0 Å². The Morgan fingerprint density at radius 1 is 1.64 bits per heavy atom. The molecule has 0 aliphatic carbocycles. The summed E-state index contributed by atoms with van der Waals surface area (Å²) in [5.74, 6) is -0.158. The predicted molar refractivity (Wildman–Crippen MR) is 53.0 cm³/mol. The van der Waals surface area contributed by atoms with Gasteiger partial charge in [-0.1, -0.05) is 0 Å². The van der Waals surface area contributed by atoms with E-state index in [2.05, 4.69) is 20.9 Å². The molecule has 0 saturated carbocycles. The van der Waals surface area contributed by atoms with Crippen molar-refractivity contribution in [1.82, 2.24) is 4.98 Å². The van der Waals surface area contributed by atoms with E-state index < -0.39 is 5.97 Å². The first-order valence-corrected chi connectivity index (χ1v) is 4.67. The molecule has 14 heavy (non-hydrogen) atoms. The van der Waals surface area contributed by atoms with Crippen LogP contribution < -0.4 is 4.74 Å². The van der Waals surface area contributed by atoms with Gasteiger partial charge in [-0.2, -0.15) is 0 Å². The molecule has 72 valence electrons. The zero-order valence-electron chi connectivity index (χ0n) is 7.28. The van der Waals surface area contributed by atoms with Crippen LogP contribution in [0, 0.1) is 0 Å². The summed E-state index contributed by atoms with van der Waals surface area (Å²) in [6.07, 6.45) is 3.14. The fourth-order valence-corrected chi connectivity index (χ4v) is 1.47. The van der Waals surface area contributed by atoms with E-state index in [0.717, 1.165) is 9.86 Å². The Morgan fingerprint density at radius 2 is 2.43 bits per heavy atom. The van der Waals surface area contributed by atoms with Crippen LogP contribution in [0.3, 0.4) is 0 Å². The number of fused-ring (bicyclic) bond motifs is 1. The van der Waals surface area contributed by atoms with E-state index in [0.29, 0.717) is 5.58 Å². The van der Waals surface area contributed by atoms with Gasteiger partial charge in [-0.05, 0) is 15.9 Å². The minimum absolute atomic E-state index is 0.242. The van der Waals surface area contributed by atoms with Crippen molar-refractivity contribution >= 4 is 32.9 Å². The highest BCUT2D eigenvalue weighted by atomic mass is 79.9. The van der Waals surface area contributed by atoms with Crippen molar-refractivity contribution in [3.05, 3.63) is 23.0 Å². The largest absolute Gasteiger partial charge is 0.463 e. The Bertz CT molecular complexity index is 492. The molecule has 0 atom stereocenters. The molecule has 0 unspecified atom stereocenters. The fourth-order valence-electron chi connectivity index (χ4n) is 1.08. The third-order valence-corrected chi connectivity index (χ3v) is 2.25. The van der Waals surface area contributed by atoms with E-state index in [9.17, 15) is 4.79 Å². The van der Waals surface area contributed by atoms with Crippen LogP contribution in [-0.4, -0.2) is 11.0 Å². The molecule has 0 saturated heterocycles. The Morgan fingerprint density at radius 3 is 3.14 bits per heavy atom. The van der Waals surface area contributed by atoms with E-state index in [4.69, 9.17) is 9.15 Å². The average Bonchev–Trinajstić information content (AvgIpc) is 2.46. The summed E-state index contributed by atoms with van der Waals surface area (Å²) in [6.45, 7) is 1.32. The van der Waals surface area contributed by atoms with Gasteiger partial charge < -0.3 is 9.15 Å². The van der Waals surface area contributed by atoms with Crippen LogP contribution >= 0.6 is 15.9 Å². The molecular weight excluding hydrogens is 250 g/mol. The summed E-state index contributed by atoms with van der Waals surface area (Å²) in [6, 6.07) is 1.57. The van der Waals surface area contributed by atoms with Crippen LogP contribution in [0.15, 0.2) is 27.4 Å². The lowest BCUT2D eigenvalue weighted by atomic mass is 10.3. The Kier molecular flexibility index (Phi) is 2.25. The number of hydrogen-bond donors (Lipinski definition) is 0. The molecule has 4 nitrogen and oxygen atoms in total. The maximum Gasteiger partial charge on any atom is 0.309 e. The molecule has 0 N–H and O–H groups in total. The first-order chi connectivity index (χ1) is 6.66. The monoisotopic (exact) mass is 255 g/mol. The highest BCUT2D eigenvalue weighted by Crippen LogP contribution is 2.27. The number of nitrogens with zero attached hydrogens (tertiary/aromatic N) is 1. The summed E-state index contributed by atoms with van der Waals surface area (Å²) in [4.78, 5) is 14.6. The molecule has 5 heteroatoms. The lowest BCUT2D eigenvalue weighted by molar-refractivity contribution is -0.132. The highest BCUT2D eigenvalue weighted by molar-refractivity contribution is 9.10. The van der Waals surface area contributed by atoms with E-state index in [1.165, 1.54) is 6.92 Å². The number of carbonyl (C=O) groups is 1. The highest BCUT2D eigenvalue weighted by Gasteiger charge is 2.06. The summed E-state index contributed by atoms with van der Waals surface area (Å²) in [5, 5.41) is 0.848. The van der Waals surface area contributed by atoms with Crippen molar-refractivity contribution in [3.8, 4) is 5.88 Å². The molecule has 2 rings (SSSR count). The van der Waals surface area contributed by atoms with Crippen LogP contribution in [-0.2, 0) is 4.79 Å². The quantitative estimate of drug-likeness (QED) is 0.735.